The summed E-state index contributed by atoms with van der Waals surface area (Å²) >= 11 is 1.47. The van der Waals surface area contributed by atoms with Crippen molar-refractivity contribution in [1.82, 2.24) is 19.7 Å². The van der Waals surface area contributed by atoms with Gasteiger partial charge < -0.3 is 9.47 Å². The van der Waals surface area contributed by atoms with Crippen LogP contribution in [0.15, 0.2) is 47.8 Å². The van der Waals surface area contributed by atoms with E-state index in [0.717, 1.165) is 28.6 Å². The Hall–Kier alpha value is -2.47. The summed E-state index contributed by atoms with van der Waals surface area (Å²) in [7, 11) is 0. The molecule has 0 atom stereocenters. The molecule has 1 aliphatic rings. The highest BCUT2D eigenvalue weighted by Crippen LogP contribution is 2.23. The molecule has 2 aromatic heterocycles. The summed E-state index contributed by atoms with van der Waals surface area (Å²) in [6, 6.07) is 13.8. The van der Waals surface area contributed by atoms with Crippen LogP contribution in [0.1, 0.15) is 15.5 Å². The van der Waals surface area contributed by atoms with E-state index < -0.39 is 0 Å². The number of nitrogens with zero attached hydrogens (tertiary/aromatic N) is 4. The number of aromatic nitrogens is 3. The number of hydrogen-bond acceptors (Lipinski definition) is 4. The van der Waals surface area contributed by atoms with E-state index >= 15 is 0 Å². The molecular weight excluding hydrogens is 296 g/mol. The highest BCUT2D eigenvalue weighted by molar-refractivity contribution is 7.12. The first kappa shape index (κ1) is 13.2. The molecule has 4 rings (SSSR count). The lowest BCUT2D eigenvalue weighted by Crippen LogP contribution is -2.38. The van der Waals surface area contributed by atoms with Crippen LogP contribution in [0.5, 0.6) is 0 Å². The fraction of sp³-hybridized carbons (Fsp3) is 0.188. The minimum absolute atomic E-state index is 0.0745. The summed E-state index contributed by atoms with van der Waals surface area (Å²) in [5.74, 6) is 1.79. The number of hydrogen-bond donors (Lipinski definition) is 0. The molecule has 5 nitrogen and oxygen atoms in total. The fourth-order valence-electron chi connectivity index (χ4n) is 2.69. The van der Waals surface area contributed by atoms with E-state index in [9.17, 15) is 4.79 Å². The van der Waals surface area contributed by atoms with E-state index in [1.165, 1.54) is 11.3 Å². The summed E-state index contributed by atoms with van der Waals surface area (Å²) in [5.41, 5.74) is 1.05. The molecule has 110 valence electrons. The molecule has 22 heavy (non-hydrogen) atoms. The zero-order valence-electron chi connectivity index (χ0n) is 11.8. The van der Waals surface area contributed by atoms with Crippen LogP contribution in [0.4, 0.5) is 0 Å². The van der Waals surface area contributed by atoms with Crippen molar-refractivity contribution in [1.29, 1.82) is 0 Å². The van der Waals surface area contributed by atoms with Gasteiger partial charge in [-0.05, 0) is 11.4 Å². The smallest absolute Gasteiger partial charge is 0.264 e. The lowest BCUT2D eigenvalue weighted by atomic mass is 10.2. The molecule has 0 saturated carbocycles. The van der Waals surface area contributed by atoms with Crippen molar-refractivity contribution in [3.63, 3.8) is 0 Å². The average molecular weight is 310 g/mol. The van der Waals surface area contributed by atoms with E-state index in [1.54, 1.807) is 0 Å². The summed E-state index contributed by atoms with van der Waals surface area (Å²) < 4.78 is 2.10. The number of thiophene rings is 1. The van der Waals surface area contributed by atoms with Crippen LogP contribution < -0.4 is 0 Å². The topological polar surface area (TPSA) is 51.0 Å². The Morgan fingerprint density at radius 3 is 2.68 bits per heavy atom. The van der Waals surface area contributed by atoms with Crippen molar-refractivity contribution in [2.45, 2.75) is 13.1 Å². The number of carbonyl (C=O) groups is 1. The van der Waals surface area contributed by atoms with Crippen LogP contribution in [0.3, 0.4) is 0 Å². The van der Waals surface area contributed by atoms with Gasteiger partial charge in [-0.1, -0.05) is 36.4 Å². The Balaban J connectivity index is 1.61. The van der Waals surface area contributed by atoms with Gasteiger partial charge >= 0.3 is 0 Å². The molecule has 0 N–H and O–H groups in total. The molecule has 0 spiro atoms. The number of amides is 1. The molecular formula is C16H14N4OS. The van der Waals surface area contributed by atoms with E-state index in [4.69, 9.17) is 0 Å². The zero-order valence-corrected chi connectivity index (χ0v) is 12.7. The maximum Gasteiger partial charge on any atom is 0.264 e. The standard InChI is InChI=1S/C16H14N4OS/c21-16(13-7-4-10-22-13)19-8-9-20-14(11-19)17-18-15(20)12-5-2-1-3-6-12/h1-7,10H,8-9,11H2. The first-order valence-electron chi connectivity index (χ1n) is 7.13. The maximum atomic E-state index is 12.4. The summed E-state index contributed by atoms with van der Waals surface area (Å²) in [5, 5.41) is 10.5. The summed E-state index contributed by atoms with van der Waals surface area (Å²) in [6.45, 7) is 1.92. The minimum atomic E-state index is 0.0745. The van der Waals surface area contributed by atoms with Crippen LogP contribution in [0.2, 0.25) is 0 Å². The maximum absolute atomic E-state index is 12.4. The van der Waals surface area contributed by atoms with Crippen molar-refractivity contribution < 1.29 is 4.79 Å². The van der Waals surface area contributed by atoms with Crippen LogP contribution in [0, 0.1) is 0 Å². The minimum Gasteiger partial charge on any atom is -0.329 e. The molecule has 1 amide bonds. The third-order valence-electron chi connectivity index (χ3n) is 3.80. The number of fused-ring (bicyclic) bond motifs is 1. The molecule has 0 radical (unpaired) electrons. The molecule has 1 aliphatic heterocycles. The molecule has 3 heterocycles. The third kappa shape index (κ3) is 2.21. The van der Waals surface area contributed by atoms with Gasteiger partial charge in [0, 0.05) is 18.7 Å². The van der Waals surface area contributed by atoms with Gasteiger partial charge in [0.15, 0.2) is 11.6 Å². The van der Waals surface area contributed by atoms with Gasteiger partial charge in [0.05, 0.1) is 11.4 Å². The number of carbonyl (C=O) groups excluding carboxylic acids is 1. The lowest BCUT2D eigenvalue weighted by molar-refractivity contribution is 0.0713. The van der Waals surface area contributed by atoms with Gasteiger partial charge in [-0.15, -0.1) is 21.5 Å². The Morgan fingerprint density at radius 1 is 1.05 bits per heavy atom. The Bertz CT molecular complexity index is 795. The van der Waals surface area contributed by atoms with Crippen LogP contribution in [-0.4, -0.2) is 32.1 Å². The van der Waals surface area contributed by atoms with Crippen molar-refractivity contribution in [3.8, 4) is 11.4 Å². The highest BCUT2D eigenvalue weighted by atomic mass is 32.1. The monoisotopic (exact) mass is 310 g/mol. The zero-order chi connectivity index (χ0) is 14.9. The van der Waals surface area contributed by atoms with Gasteiger partial charge in [-0.3, -0.25) is 4.79 Å². The molecule has 3 aromatic rings. The van der Waals surface area contributed by atoms with Crippen LogP contribution >= 0.6 is 11.3 Å². The fourth-order valence-corrected chi connectivity index (χ4v) is 3.38. The van der Waals surface area contributed by atoms with Crippen molar-refractivity contribution >= 4 is 17.2 Å². The Labute approximate surface area is 131 Å². The summed E-state index contributed by atoms with van der Waals surface area (Å²) in [4.78, 5) is 15.0. The predicted octanol–water partition coefficient (Wildman–Crippen LogP) is 2.66. The van der Waals surface area contributed by atoms with E-state index in [-0.39, 0.29) is 5.91 Å². The molecule has 0 unspecified atom stereocenters. The lowest BCUT2D eigenvalue weighted by Gasteiger charge is -2.27. The van der Waals surface area contributed by atoms with Gasteiger partial charge in [0.25, 0.3) is 5.91 Å². The molecule has 1 aromatic carbocycles. The molecule has 0 bridgehead atoms. The largest absolute Gasteiger partial charge is 0.329 e. The molecule has 0 saturated heterocycles. The molecule has 0 aliphatic carbocycles. The van der Waals surface area contributed by atoms with E-state index in [1.807, 2.05) is 52.7 Å². The number of benzene rings is 1. The van der Waals surface area contributed by atoms with Crippen LogP contribution in [-0.2, 0) is 13.1 Å². The van der Waals surface area contributed by atoms with Crippen molar-refractivity contribution in [3.05, 3.63) is 58.5 Å². The SMILES string of the molecule is O=C(c1cccs1)N1CCn2c(nnc2-c2ccccc2)C1. The Morgan fingerprint density at radius 2 is 1.91 bits per heavy atom. The molecule has 6 heteroatoms. The second-order valence-electron chi connectivity index (χ2n) is 5.16. The van der Waals surface area contributed by atoms with E-state index in [0.29, 0.717) is 13.1 Å². The quantitative estimate of drug-likeness (QED) is 0.731. The van der Waals surface area contributed by atoms with E-state index in [2.05, 4.69) is 14.8 Å². The second-order valence-corrected chi connectivity index (χ2v) is 6.11. The normalized spacial score (nSPS) is 13.9. The summed E-state index contributed by atoms with van der Waals surface area (Å²) in [6.07, 6.45) is 0. The predicted molar refractivity (Wildman–Crippen MR) is 84.5 cm³/mol. The number of rotatable bonds is 2. The highest BCUT2D eigenvalue weighted by Gasteiger charge is 2.25. The Kier molecular flexibility index (Phi) is 3.23. The van der Waals surface area contributed by atoms with Crippen LogP contribution in [0.25, 0.3) is 11.4 Å². The average Bonchev–Trinajstić information content (AvgIpc) is 3.24. The second kappa shape index (κ2) is 5.38. The first-order valence-corrected chi connectivity index (χ1v) is 8.01. The van der Waals surface area contributed by atoms with Crippen molar-refractivity contribution in [2.75, 3.05) is 6.54 Å². The first-order chi connectivity index (χ1) is 10.8. The van der Waals surface area contributed by atoms with Crippen molar-refractivity contribution in [2.24, 2.45) is 0 Å². The third-order valence-corrected chi connectivity index (χ3v) is 4.66. The van der Waals surface area contributed by atoms with Gasteiger partial charge in [-0.2, -0.15) is 0 Å². The van der Waals surface area contributed by atoms with Gasteiger partial charge in [0.1, 0.15) is 0 Å². The van der Waals surface area contributed by atoms with Gasteiger partial charge in [0.2, 0.25) is 0 Å². The molecule has 0 fully saturated rings. The van der Waals surface area contributed by atoms with Gasteiger partial charge in [-0.25, -0.2) is 0 Å².